The molecule has 5 rings (SSSR count). The first kappa shape index (κ1) is 28.7. The highest BCUT2D eigenvalue weighted by Crippen LogP contribution is 2.59. The molecule has 5 aliphatic rings. The molecule has 0 aromatic heterocycles. The number of piperazine rings is 1. The monoisotopic (exact) mass is 555 g/mol. The number of allylic oxidation sites excluding steroid dienone is 1. The Morgan fingerprint density at radius 1 is 1.26 bits per heavy atom. The van der Waals surface area contributed by atoms with Crippen LogP contribution in [0.1, 0.15) is 46.5 Å². The first-order chi connectivity index (χ1) is 18.5. The Balaban J connectivity index is 1.09. The number of carbonyl (C=O) groups excluding carboxylic acids is 2. The number of nitrogens with zero attached hydrogens (tertiary/aromatic N) is 3. The summed E-state index contributed by atoms with van der Waals surface area (Å²) in [6.07, 6.45) is 1.98. The third-order valence-electron chi connectivity index (χ3n) is 9.31. The number of hydrogen-bond acceptors (Lipinski definition) is 7. The van der Waals surface area contributed by atoms with Crippen molar-refractivity contribution in [2.75, 3.05) is 59.5 Å². The maximum atomic E-state index is 13.0. The first-order valence-corrected chi connectivity index (χ1v) is 14.3. The molecule has 1 unspecified atom stereocenters. The Morgan fingerprint density at radius 2 is 2.00 bits per heavy atom. The van der Waals surface area contributed by atoms with Gasteiger partial charge < -0.3 is 28.7 Å². The van der Waals surface area contributed by atoms with E-state index in [4.69, 9.17) is 18.9 Å². The van der Waals surface area contributed by atoms with Gasteiger partial charge in [0.1, 0.15) is 23.4 Å². The van der Waals surface area contributed by atoms with Gasteiger partial charge in [0.2, 0.25) is 5.91 Å². The van der Waals surface area contributed by atoms with Gasteiger partial charge >= 0.3 is 6.09 Å². The summed E-state index contributed by atoms with van der Waals surface area (Å²) in [7, 11) is 1.67. The fourth-order valence-corrected chi connectivity index (χ4v) is 6.86. The zero-order chi connectivity index (χ0) is 27.9. The first-order valence-electron chi connectivity index (χ1n) is 14.3. The molecule has 0 N–H and O–H groups in total. The average Bonchev–Trinajstić information content (AvgIpc) is 3.75. The number of likely N-dealkylation sites (tertiary alicyclic amines) is 1. The number of hydrogen-bond donors (Lipinski definition) is 0. The minimum Gasteiger partial charge on any atom is -0.443 e. The molecule has 0 bridgehead atoms. The topological polar surface area (TPSA) is 87.4 Å². The van der Waals surface area contributed by atoms with Crippen LogP contribution in [0.25, 0.3) is 0 Å². The van der Waals surface area contributed by atoms with E-state index in [1.807, 2.05) is 0 Å². The number of methoxy groups -OCH3 is 1. The van der Waals surface area contributed by atoms with Crippen molar-refractivity contribution in [2.24, 2.45) is 11.8 Å². The molecule has 1 spiro atoms. The normalized spacial score (nSPS) is 36.7. The Bertz CT molecular complexity index is 952. The fourth-order valence-electron chi connectivity index (χ4n) is 6.86. The number of rotatable bonds is 10. The molecule has 1 saturated carbocycles. The summed E-state index contributed by atoms with van der Waals surface area (Å²) in [5.41, 5.74) is 0.622. The lowest BCUT2D eigenvalue weighted by Gasteiger charge is -2.45. The minimum absolute atomic E-state index is 0.0139. The van der Waals surface area contributed by atoms with Crippen LogP contribution in [0.4, 0.5) is 13.6 Å². The lowest BCUT2D eigenvalue weighted by Crippen LogP contribution is -2.58. The van der Waals surface area contributed by atoms with Gasteiger partial charge in [-0.2, -0.15) is 0 Å². The minimum atomic E-state index is -2.43. The summed E-state index contributed by atoms with van der Waals surface area (Å²) >= 11 is 0. The Morgan fingerprint density at radius 3 is 2.62 bits per heavy atom. The smallest absolute Gasteiger partial charge is 0.410 e. The second-order valence-corrected chi connectivity index (χ2v) is 12.4. The van der Waals surface area contributed by atoms with E-state index in [1.165, 1.54) is 10.5 Å². The van der Waals surface area contributed by atoms with Gasteiger partial charge in [-0.25, -0.2) is 13.6 Å². The van der Waals surface area contributed by atoms with Crippen molar-refractivity contribution in [3.8, 4) is 0 Å². The van der Waals surface area contributed by atoms with E-state index in [1.54, 1.807) is 16.9 Å². The second kappa shape index (κ2) is 11.2. The highest BCUT2D eigenvalue weighted by molar-refractivity contribution is 5.79. The fraction of sp³-hybridized carbons (Fsp3) is 0.857. The molecule has 1 aliphatic carbocycles. The molecule has 11 heteroatoms. The number of ether oxygens (including phenoxy) is 4. The third-order valence-corrected chi connectivity index (χ3v) is 9.31. The molecular weight excluding hydrogens is 512 g/mol. The maximum absolute atomic E-state index is 13.0. The Hall–Kier alpha value is -1.82. The third kappa shape index (κ3) is 6.11. The van der Waals surface area contributed by atoms with Crippen LogP contribution in [0.2, 0.25) is 0 Å². The van der Waals surface area contributed by atoms with Crippen LogP contribution >= 0.6 is 0 Å². The molecule has 0 aromatic carbocycles. The molecule has 5 fully saturated rings. The molecule has 4 saturated heterocycles. The lowest BCUT2D eigenvalue weighted by molar-refractivity contribution is -0.137. The van der Waals surface area contributed by atoms with E-state index in [9.17, 15) is 18.4 Å². The molecule has 39 heavy (non-hydrogen) atoms. The van der Waals surface area contributed by atoms with Crippen LogP contribution < -0.4 is 0 Å². The molecule has 2 amide bonds. The standard InChI is InChI=1S/C28H43F2N3O6/c1-18(2)5-6-21-27(3,39-21)25-24(36-4)20(7-9-28(25)17-37-28)38-26(35)33-13-19(14-33)8-10-32-12-11-31(15-22(29)30)16-23(32)34/h5,19-22,24-25H,6-17H2,1-4H3/t20-,21-,24-,25?,27+,28+/m1/s1. The van der Waals surface area contributed by atoms with Gasteiger partial charge in [-0.15, -0.1) is 0 Å². The van der Waals surface area contributed by atoms with Crippen molar-refractivity contribution < 1.29 is 37.3 Å². The SMILES string of the molecule is CO[C@H]1C([C@@]2(C)O[C@@H]2CC=C(C)C)[C@]2(CC[C@H]1OC(=O)N1CC(CCN3CCN(CC(F)F)CC3=O)C1)CO2. The predicted octanol–water partition coefficient (Wildman–Crippen LogP) is 2.93. The number of alkyl halides is 2. The molecule has 4 aliphatic heterocycles. The molecule has 0 aromatic rings. The van der Waals surface area contributed by atoms with Crippen LogP contribution in [0.5, 0.6) is 0 Å². The van der Waals surface area contributed by atoms with Crippen molar-refractivity contribution in [3.05, 3.63) is 11.6 Å². The van der Waals surface area contributed by atoms with Crippen LogP contribution in [0.3, 0.4) is 0 Å². The van der Waals surface area contributed by atoms with Gasteiger partial charge in [0, 0.05) is 39.8 Å². The predicted molar refractivity (Wildman–Crippen MR) is 139 cm³/mol. The number of carbonyl (C=O) groups is 2. The summed E-state index contributed by atoms with van der Waals surface area (Å²) in [6, 6.07) is 0. The zero-order valence-electron chi connectivity index (χ0n) is 23.6. The molecule has 220 valence electrons. The van der Waals surface area contributed by atoms with Crippen molar-refractivity contribution in [3.63, 3.8) is 0 Å². The molecule has 9 nitrogen and oxygen atoms in total. The van der Waals surface area contributed by atoms with Crippen molar-refractivity contribution in [1.82, 2.24) is 14.7 Å². The van der Waals surface area contributed by atoms with Crippen molar-refractivity contribution in [1.29, 1.82) is 0 Å². The van der Waals surface area contributed by atoms with Crippen LogP contribution in [0, 0.1) is 11.8 Å². The molecule has 0 radical (unpaired) electrons. The zero-order valence-corrected chi connectivity index (χ0v) is 23.6. The average molecular weight is 556 g/mol. The number of epoxide rings is 2. The van der Waals surface area contributed by atoms with Gasteiger partial charge in [-0.05, 0) is 52.4 Å². The maximum Gasteiger partial charge on any atom is 0.410 e. The van der Waals surface area contributed by atoms with Gasteiger partial charge in [0.25, 0.3) is 6.43 Å². The van der Waals surface area contributed by atoms with E-state index in [2.05, 4.69) is 26.8 Å². The number of amides is 2. The van der Waals surface area contributed by atoms with Gasteiger partial charge in [-0.3, -0.25) is 9.69 Å². The van der Waals surface area contributed by atoms with Gasteiger partial charge in [0.15, 0.2) is 0 Å². The summed E-state index contributed by atoms with van der Waals surface area (Å²) in [6.45, 7) is 9.36. The largest absolute Gasteiger partial charge is 0.443 e. The van der Waals surface area contributed by atoms with Crippen molar-refractivity contribution >= 4 is 12.0 Å². The summed E-state index contributed by atoms with van der Waals surface area (Å²) < 4.78 is 49.4. The van der Waals surface area contributed by atoms with Crippen LogP contribution in [-0.2, 0) is 23.7 Å². The van der Waals surface area contributed by atoms with E-state index >= 15 is 0 Å². The van der Waals surface area contributed by atoms with Gasteiger partial charge in [-0.1, -0.05) is 11.6 Å². The summed E-state index contributed by atoms with van der Waals surface area (Å²) in [5.74, 6) is 0.170. The summed E-state index contributed by atoms with van der Waals surface area (Å²) in [4.78, 5) is 30.3. The second-order valence-electron chi connectivity index (χ2n) is 12.4. The molecule has 4 heterocycles. The van der Waals surface area contributed by atoms with E-state index in [-0.39, 0.29) is 60.5 Å². The summed E-state index contributed by atoms with van der Waals surface area (Å²) in [5, 5.41) is 0. The van der Waals surface area contributed by atoms with E-state index in [0.29, 0.717) is 51.7 Å². The van der Waals surface area contributed by atoms with Crippen LogP contribution in [-0.4, -0.2) is 122 Å². The lowest BCUT2D eigenvalue weighted by atomic mass is 9.68. The van der Waals surface area contributed by atoms with Crippen LogP contribution in [0.15, 0.2) is 11.6 Å². The highest BCUT2D eigenvalue weighted by Gasteiger charge is 2.72. The Labute approximate surface area is 229 Å². The quantitative estimate of drug-likeness (QED) is 0.303. The number of halogens is 2. The van der Waals surface area contributed by atoms with E-state index < -0.39 is 6.43 Å². The highest BCUT2D eigenvalue weighted by atomic mass is 19.3. The molecule has 6 atom stereocenters. The molecular formula is C28H43F2N3O6. The van der Waals surface area contributed by atoms with Crippen molar-refractivity contribution in [2.45, 2.75) is 82.4 Å². The Kier molecular flexibility index (Phi) is 8.25. The van der Waals surface area contributed by atoms with Gasteiger partial charge in [0.05, 0.1) is 31.7 Å². The van der Waals surface area contributed by atoms with E-state index in [0.717, 1.165) is 19.3 Å².